The number of pyridine rings is 1. The van der Waals surface area contributed by atoms with E-state index in [9.17, 15) is 19.3 Å². The number of hydrogen-bond acceptors (Lipinski definition) is 6. The average molecular weight is 383 g/mol. The molecule has 0 fully saturated rings. The highest BCUT2D eigenvalue weighted by Crippen LogP contribution is 2.25. The van der Waals surface area contributed by atoms with Crippen molar-refractivity contribution < 1.29 is 23.6 Å². The van der Waals surface area contributed by atoms with Crippen molar-refractivity contribution in [3.05, 3.63) is 82.8 Å². The first kappa shape index (κ1) is 18.8. The van der Waals surface area contributed by atoms with Crippen molar-refractivity contribution in [3.63, 3.8) is 0 Å². The Morgan fingerprint density at radius 3 is 2.54 bits per heavy atom. The van der Waals surface area contributed by atoms with Gasteiger partial charge in [-0.2, -0.15) is 0 Å². The number of anilines is 1. The summed E-state index contributed by atoms with van der Waals surface area (Å²) >= 11 is 0. The second-order valence-corrected chi connectivity index (χ2v) is 5.50. The lowest BCUT2D eigenvalue weighted by molar-refractivity contribution is -0.385. The van der Waals surface area contributed by atoms with Gasteiger partial charge >= 0.3 is 5.69 Å². The Labute approximate surface area is 158 Å². The molecule has 9 heteroatoms. The quantitative estimate of drug-likeness (QED) is 0.490. The van der Waals surface area contributed by atoms with Crippen LogP contribution in [0.3, 0.4) is 0 Å². The van der Waals surface area contributed by atoms with E-state index >= 15 is 0 Å². The highest BCUT2D eigenvalue weighted by molar-refractivity contribution is 5.91. The van der Waals surface area contributed by atoms with E-state index in [-0.39, 0.29) is 23.1 Å². The largest absolute Gasteiger partial charge is 0.477 e. The minimum atomic E-state index is -0.586. The van der Waals surface area contributed by atoms with Crippen LogP contribution >= 0.6 is 0 Å². The number of nitrogens with one attached hydrogen (secondary N) is 1. The van der Waals surface area contributed by atoms with Crippen LogP contribution in [0.2, 0.25) is 0 Å². The van der Waals surface area contributed by atoms with Crippen LogP contribution in [0, 0.1) is 15.9 Å². The van der Waals surface area contributed by atoms with E-state index in [2.05, 4.69) is 10.3 Å². The molecule has 1 heterocycles. The van der Waals surface area contributed by atoms with E-state index < -0.39 is 17.4 Å². The van der Waals surface area contributed by atoms with Crippen LogP contribution in [0.1, 0.15) is 0 Å². The van der Waals surface area contributed by atoms with E-state index in [4.69, 9.17) is 9.47 Å². The van der Waals surface area contributed by atoms with Crippen LogP contribution in [-0.4, -0.2) is 22.4 Å². The molecule has 1 aromatic heterocycles. The second-order valence-electron chi connectivity index (χ2n) is 5.50. The minimum Gasteiger partial charge on any atom is -0.477 e. The molecule has 0 aliphatic rings. The van der Waals surface area contributed by atoms with E-state index in [0.717, 1.165) is 0 Å². The number of carbonyl (C=O) groups excluding carboxylic acids is 1. The van der Waals surface area contributed by atoms with E-state index in [1.165, 1.54) is 54.7 Å². The molecule has 0 spiro atoms. The molecule has 0 saturated heterocycles. The summed E-state index contributed by atoms with van der Waals surface area (Å²) in [6.45, 7) is -0.404. The lowest BCUT2D eigenvalue weighted by Gasteiger charge is -2.08. The van der Waals surface area contributed by atoms with Gasteiger partial charge in [0.05, 0.1) is 16.8 Å². The van der Waals surface area contributed by atoms with Crippen LogP contribution in [0.4, 0.5) is 15.8 Å². The number of para-hydroxylation sites is 2. The Hall–Kier alpha value is -4.01. The predicted molar refractivity (Wildman–Crippen MR) is 97.9 cm³/mol. The number of rotatable bonds is 7. The zero-order chi connectivity index (χ0) is 19.9. The maximum atomic E-state index is 12.9. The molecule has 142 valence electrons. The molecule has 0 aliphatic heterocycles. The first-order valence-electron chi connectivity index (χ1n) is 8.07. The maximum absolute atomic E-state index is 12.9. The fourth-order valence-electron chi connectivity index (χ4n) is 2.21. The molecule has 0 saturated carbocycles. The van der Waals surface area contributed by atoms with Crippen LogP contribution in [-0.2, 0) is 4.79 Å². The smallest absolute Gasteiger partial charge is 0.310 e. The normalized spacial score (nSPS) is 10.2. The van der Waals surface area contributed by atoms with Gasteiger partial charge in [0, 0.05) is 12.1 Å². The van der Waals surface area contributed by atoms with Crippen molar-refractivity contribution in [1.29, 1.82) is 0 Å². The fourth-order valence-corrected chi connectivity index (χ4v) is 2.21. The third-order valence-electron chi connectivity index (χ3n) is 3.48. The maximum Gasteiger partial charge on any atom is 0.310 e. The Morgan fingerprint density at radius 1 is 1.11 bits per heavy atom. The van der Waals surface area contributed by atoms with Gasteiger partial charge in [0.1, 0.15) is 11.6 Å². The number of nitrogens with zero attached hydrogens (tertiary/aromatic N) is 2. The van der Waals surface area contributed by atoms with Crippen molar-refractivity contribution in [3.8, 4) is 17.4 Å². The number of hydrogen-bond donors (Lipinski definition) is 1. The van der Waals surface area contributed by atoms with Gasteiger partial charge in [0.2, 0.25) is 5.88 Å². The molecule has 0 bridgehead atoms. The Balaban J connectivity index is 1.54. The summed E-state index contributed by atoms with van der Waals surface area (Å²) in [7, 11) is 0. The third kappa shape index (κ3) is 5.01. The molecule has 1 amide bonds. The van der Waals surface area contributed by atoms with Gasteiger partial charge in [-0.1, -0.05) is 12.1 Å². The Bertz CT molecular complexity index is 978. The molecule has 3 aromatic rings. The summed E-state index contributed by atoms with van der Waals surface area (Å²) in [6, 6.07) is 14.3. The molecule has 0 aliphatic carbocycles. The fraction of sp³-hybridized carbons (Fsp3) is 0.0526. The van der Waals surface area contributed by atoms with Gasteiger partial charge in [0.25, 0.3) is 5.91 Å². The number of halogens is 1. The minimum absolute atomic E-state index is 0.00354. The molecule has 2 aromatic carbocycles. The van der Waals surface area contributed by atoms with Gasteiger partial charge < -0.3 is 14.8 Å². The van der Waals surface area contributed by atoms with Crippen molar-refractivity contribution in [2.75, 3.05) is 11.9 Å². The standard InChI is InChI=1S/C19H14FN3O5/c20-13-5-8-15(9-6-13)28-19-10-7-14(11-21-19)22-18(24)12-27-17-4-2-1-3-16(17)23(25)26/h1-11H,12H2,(H,22,24). The van der Waals surface area contributed by atoms with Gasteiger partial charge in [-0.05, 0) is 36.4 Å². The summed E-state index contributed by atoms with van der Waals surface area (Å²) < 4.78 is 23.5. The number of amides is 1. The topological polar surface area (TPSA) is 104 Å². The van der Waals surface area contributed by atoms with Crippen LogP contribution in [0.15, 0.2) is 66.9 Å². The molecule has 3 rings (SSSR count). The molecule has 1 N–H and O–H groups in total. The second kappa shape index (κ2) is 8.58. The Kier molecular flexibility index (Phi) is 5.75. The van der Waals surface area contributed by atoms with Gasteiger partial charge in [-0.25, -0.2) is 9.37 Å². The molecular weight excluding hydrogens is 369 g/mol. The number of benzene rings is 2. The Morgan fingerprint density at radius 2 is 1.86 bits per heavy atom. The highest BCUT2D eigenvalue weighted by Gasteiger charge is 2.15. The number of aromatic nitrogens is 1. The molecular formula is C19H14FN3O5. The zero-order valence-electron chi connectivity index (χ0n) is 14.4. The van der Waals surface area contributed by atoms with E-state index in [1.54, 1.807) is 12.1 Å². The molecule has 0 radical (unpaired) electrons. The van der Waals surface area contributed by atoms with E-state index in [0.29, 0.717) is 11.4 Å². The first-order chi connectivity index (χ1) is 13.5. The van der Waals surface area contributed by atoms with Crippen molar-refractivity contribution in [2.24, 2.45) is 0 Å². The summed E-state index contributed by atoms with van der Waals surface area (Å²) in [4.78, 5) is 26.4. The van der Waals surface area contributed by atoms with Gasteiger partial charge in [0.15, 0.2) is 12.4 Å². The van der Waals surface area contributed by atoms with Crippen molar-refractivity contribution in [1.82, 2.24) is 4.98 Å². The number of carbonyl (C=O) groups is 1. The van der Waals surface area contributed by atoms with Crippen LogP contribution < -0.4 is 14.8 Å². The van der Waals surface area contributed by atoms with Gasteiger partial charge in [-0.15, -0.1) is 0 Å². The number of ether oxygens (including phenoxy) is 2. The first-order valence-corrected chi connectivity index (χ1v) is 8.07. The zero-order valence-corrected chi connectivity index (χ0v) is 14.4. The average Bonchev–Trinajstić information content (AvgIpc) is 2.70. The predicted octanol–water partition coefficient (Wildman–Crippen LogP) is 3.94. The molecule has 0 atom stereocenters. The lowest BCUT2D eigenvalue weighted by Crippen LogP contribution is -2.20. The SMILES string of the molecule is O=C(COc1ccccc1[N+](=O)[O-])Nc1ccc(Oc2ccc(F)cc2)nc1. The molecule has 28 heavy (non-hydrogen) atoms. The van der Waals surface area contributed by atoms with Gasteiger partial charge in [-0.3, -0.25) is 14.9 Å². The molecule has 0 unspecified atom stereocenters. The summed E-state index contributed by atoms with van der Waals surface area (Å²) in [5.74, 6) is -0.193. The van der Waals surface area contributed by atoms with Crippen LogP contribution in [0.5, 0.6) is 17.4 Å². The highest BCUT2D eigenvalue weighted by atomic mass is 19.1. The van der Waals surface area contributed by atoms with Crippen molar-refractivity contribution in [2.45, 2.75) is 0 Å². The van der Waals surface area contributed by atoms with Crippen LogP contribution in [0.25, 0.3) is 0 Å². The monoisotopic (exact) mass is 383 g/mol. The number of nitro benzene ring substituents is 1. The summed E-state index contributed by atoms with van der Waals surface area (Å²) in [6.07, 6.45) is 1.38. The lowest BCUT2D eigenvalue weighted by atomic mass is 10.3. The summed E-state index contributed by atoms with van der Waals surface area (Å²) in [5.41, 5.74) is 0.168. The van der Waals surface area contributed by atoms with E-state index in [1.807, 2.05) is 0 Å². The summed E-state index contributed by atoms with van der Waals surface area (Å²) in [5, 5.41) is 13.5. The van der Waals surface area contributed by atoms with Crippen molar-refractivity contribution >= 4 is 17.3 Å². The molecule has 8 nitrogen and oxygen atoms in total. The number of nitro groups is 1. The third-order valence-corrected chi connectivity index (χ3v) is 3.48.